The third kappa shape index (κ3) is 1.82. The van der Waals surface area contributed by atoms with Crippen LogP contribution in [0.4, 0.5) is 4.39 Å². The molecule has 0 aliphatic heterocycles. The van der Waals surface area contributed by atoms with Gasteiger partial charge in [-0.25, -0.2) is 13.0 Å². The van der Waals surface area contributed by atoms with Crippen LogP contribution in [-0.2, 0) is 9.73 Å². The minimum absolute atomic E-state index is 0.329. The third-order valence-corrected chi connectivity index (χ3v) is 3.44. The Hall–Kier alpha value is -0.900. The lowest BCUT2D eigenvalue weighted by molar-refractivity contribution is 0.626. The zero-order valence-corrected chi connectivity index (χ0v) is 7.77. The van der Waals surface area contributed by atoms with E-state index < -0.39 is 9.73 Å². The fraction of sp³-hybridized carbons (Fsp3) is 0.250. The third-order valence-electron chi connectivity index (χ3n) is 1.60. The molecule has 1 rings (SSSR count). The summed E-state index contributed by atoms with van der Waals surface area (Å²) in [5, 5.41) is 0. The number of rotatable bonds is 1. The van der Waals surface area contributed by atoms with Crippen molar-refractivity contribution in [1.82, 2.24) is 0 Å². The van der Waals surface area contributed by atoms with Crippen LogP contribution in [0.1, 0.15) is 0 Å². The molecule has 1 aromatic carbocycles. The molecular weight excluding hydrogens is 177 g/mol. The Kier molecular flexibility index (Phi) is 2.47. The van der Waals surface area contributed by atoms with E-state index in [1.54, 1.807) is 0 Å². The highest BCUT2D eigenvalue weighted by Gasteiger charge is 2.03. The van der Waals surface area contributed by atoms with E-state index in [0.29, 0.717) is 4.90 Å². The first-order chi connectivity index (χ1) is 5.56. The minimum atomic E-state index is -2.31. The standard InChI is InChI=1S/C8H10FNOS/c1-10-12(2,11)8-5-3-7(9)4-6-8/h3-6H,1-2H3/t12-/m1/s1. The molecule has 0 heterocycles. The summed E-state index contributed by atoms with van der Waals surface area (Å²) in [7, 11) is -0.815. The number of hydrogen-bond donors (Lipinski definition) is 0. The summed E-state index contributed by atoms with van der Waals surface area (Å²) in [6.07, 6.45) is 1.53. The zero-order chi connectivity index (χ0) is 9.19. The van der Waals surface area contributed by atoms with Crippen LogP contribution in [-0.4, -0.2) is 17.5 Å². The summed E-state index contributed by atoms with van der Waals surface area (Å²) in [5.74, 6) is -0.329. The summed E-state index contributed by atoms with van der Waals surface area (Å²) in [4.78, 5) is 0.561. The first-order valence-electron chi connectivity index (χ1n) is 3.42. The summed E-state index contributed by atoms with van der Waals surface area (Å²) in [6, 6.07) is 5.54. The lowest BCUT2D eigenvalue weighted by atomic mass is 10.4. The highest BCUT2D eigenvalue weighted by molar-refractivity contribution is 7.93. The monoisotopic (exact) mass is 187 g/mol. The van der Waals surface area contributed by atoms with Crippen molar-refractivity contribution in [2.45, 2.75) is 4.90 Å². The molecule has 0 radical (unpaired) electrons. The lowest BCUT2D eigenvalue weighted by Gasteiger charge is -2.01. The average molecular weight is 187 g/mol. The van der Waals surface area contributed by atoms with Crippen molar-refractivity contribution < 1.29 is 8.60 Å². The molecule has 4 heteroatoms. The van der Waals surface area contributed by atoms with E-state index in [1.165, 1.54) is 37.6 Å². The van der Waals surface area contributed by atoms with E-state index in [0.717, 1.165) is 0 Å². The molecule has 0 aromatic heterocycles. The van der Waals surface area contributed by atoms with Crippen molar-refractivity contribution in [2.24, 2.45) is 4.36 Å². The molecule has 0 amide bonds. The summed E-state index contributed by atoms with van der Waals surface area (Å²) >= 11 is 0. The number of halogens is 1. The molecule has 0 aliphatic carbocycles. The molecule has 1 atom stereocenters. The quantitative estimate of drug-likeness (QED) is 0.660. The molecule has 2 nitrogen and oxygen atoms in total. The van der Waals surface area contributed by atoms with Crippen molar-refractivity contribution in [3.63, 3.8) is 0 Å². The molecule has 66 valence electrons. The number of nitrogens with zero attached hydrogens (tertiary/aromatic N) is 1. The fourth-order valence-corrected chi connectivity index (χ4v) is 1.64. The zero-order valence-electron chi connectivity index (χ0n) is 6.95. The van der Waals surface area contributed by atoms with Gasteiger partial charge in [-0.1, -0.05) is 0 Å². The van der Waals surface area contributed by atoms with Crippen LogP contribution in [0.2, 0.25) is 0 Å². The maximum absolute atomic E-state index is 12.5. The highest BCUT2D eigenvalue weighted by atomic mass is 32.2. The van der Waals surface area contributed by atoms with Gasteiger partial charge in [0.05, 0.1) is 9.73 Å². The summed E-state index contributed by atoms with van der Waals surface area (Å²) in [6.45, 7) is 0. The van der Waals surface area contributed by atoms with Gasteiger partial charge in [-0.05, 0) is 24.3 Å². The molecule has 0 fully saturated rings. The molecule has 1 aromatic rings. The Morgan fingerprint density at radius 2 is 1.83 bits per heavy atom. The van der Waals surface area contributed by atoms with E-state index >= 15 is 0 Å². The number of hydrogen-bond acceptors (Lipinski definition) is 2. The molecule has 0 unspecified atom stereocenters. The largest absolute Gasteiger partial charge is 0.245 e. The predicted octanol–water partition coefficient (Wildman–Crippen LogP) is 1.91. The minimum Gasteiger partial charge on any atom is -0.245 e. The Labute approximate surface area is 71.6 Å². The SMILES string of the molecule is CN=[S@](C)(=O)c1ccc(F)cc1. The Balaban J connectivity index is 3.24. The molecule has 0 saturated heterocycles. The molecule has 12 heavy (non-hydrogen) atoms. The Morgan fingerprint density at radius 3 is 2.25 bits per heavy atom. The van der Waals surface area contributed by atoms with Crippen LogP contribution in [0, 0.1) is 5.82 Å². The van der Waals surface area contributed by atoms with Gasteiger partial charge in [0.15, 0.2) is 0 Å². The van der Waals surface area contributed by atoms with Crippen LogP contribution in [0.3, 0.4) is 0 Å². The second-order valence-corrected chi connectivity index (χ2v) is 4.88. The van der Waals surface area contributed by atoms with Crippen molar-refractivity contribution in [2.75, 3.05) is 13.3 Å². The van der Waals surface area contributed by atoms with Crippen molar-refractivity contribution in [3.8, 4) is 0 Å². The van der Waals surface area contributed by atoms with Crippen LogP contribution in [0.5, 0.6) is 0 Å². The summed E-state index contributed by atoms with van der Waals surface area (Å²) < 4.78 is 27.8. The van der Waals surface area contributed by atoms with Gasteiger partial charge in [-0.3, -0.25) is 0 Å². The highest BCUT2D eigenvalue weighted by Crippen LogP contribution is 2.11. The number of benzene rings is 1. The normalized spacial score (nSPS) is 15.2. The smallest absolute Gasteiger partial charge is 0.123 e. The Morgan fingerprint density at radius 1 is 1.33 bits per heavy atom. The molecule has 0 aliphatic rings. The van der Waals surface area contributed by atoms with Gasteiger partial charge >= 0.3 is 0 Å². The molecule has 0 bridgehead atoms. The lowest BCUT2D eigenvalue weighted by Crippen LogP contribution is -1.96. The summed E-state index contributed by atoms with van der Waals surface area (Å²) in [5.41, 5.74) is 0. The van der Waals surface area contributed by atoms with Crippen LogP contribution in [0.25, 0.3) is 0 Å². The molecule has 0 saturated carbocycles. The molecule has 0 spiro atoms. The van der Waals surface area contributed by atoms with Crippen LogP contribution in [0.15, 0.2) is 33.5 Å². The van der Waals surface area contributed by atoms with Gasteiger partial charge < -0.3 is 0 Å². The van der Waals surface area contributed by atoms with Crippen LogP contribution < -0.4 is 0 Å². The Bertz CT molecular complexity index is 377. The fourth-order valence-electron chi connectivity index (χ4n) is 0.793. The van der Waals surface area contributed by atoms with Gasteiger partial charge in [-0.2, -0.15) is 0 Å². The molecule has 0 N–H and O–H groups in total. The topological polar surface area (TPSA) is 29.4 Å². The predicted molar refractivity (Wildman–Crippen MR) is 47.1 cm³/mol. The van der Waals surface area contributed by atoms with Gasteiger partial charge in [0.1, 0.15) is 5.82 Å². The maximum atomic E-state index is 12.5. The van der Waals surface area contributed by atoms with E-state index in [-0.39, 0.29) is 5.82 Å². The van der Waals surface area contributed by atoms with E-state index in [4.69, 9.17) is 0 Å². The average Bonchev–Trinajstić information content (AvgIpc) is 2.05. The van der Waals surface area contributed by atoms with Gasteiger partial charge in [0, 0.05) is 18.2 Å². The molecular formula is C8H10FNOS. The van der Waals surface area contributed by atoms with Crippen molar-refractivity contribution in [1.29, 1.82) is 0 Å². The second kappa shape index (κ2) is 3.23. The van der Waals surface area contributed by atoms with E-state index in [9.17, 15) is 8.60 Å². The van der Waals surface area contributed by atoms with E-state index in [1.807, 2.05) is 0 Å². The van der Waals surface area contributed by atoms with Crippen molar-refractivity contribution >= 4 is 9.73 Å². The van der Waals surface area contributed by atoms with Gasteiger partial charge in [0.25, 0.3) is 0 Å². The van der Waals surface area contributed by atoms with Gasteiger partial charge in [-0.15, -0.1) is 0 Å². The van der Waals surface area contributed by atoms with E-state index in [2.05, 4.69) is 4.36 Å². The maximum Gasteiger partial charge on any atom is 0.123 e. The first kappa shape index (κ1) is 9.19. The van der Waals surface area contributed by atoms with Crippen molar-refractivity contribution in [3.05, 3.63) is 30.1 Å². The van der Waals surface area contributed by atoms with Gasteiger partial charge in [0.2, 0.25) is 0 Å². The van der Waals surface area contributed by atoms with Crippen LogP contribution >= 0.6 is 0 Å². The second-order valence-electron chi connectivity index (χ2n) is 2.44. The first-order valence-corrected chi connectivity index (χ1v) is 5.34.